The van der Waals surface area contributed by atoms with Gasteiger partial charge >= 0.3 is 23.9 Å². The van der Waals surface area contributed by atoms with Gasteiger partial charge in [0.05, 0.1) is 29.3 Å². The van der Waals surface area contributed by atoms with E-state index in [0.29, 0.717) is 19.3 Å². The molecule has 0 radical (unpaired) electrons. The number of rotatable bonds is 5. The third-order valence-electron chi connectivity index (χ3n) is 16.1. The molecule has 0 aromatic rings. The Hall–Kier alpha value is -2.28. The zero-order valence-electron chi connectivity index (χ0n) is 31.0. The van der Waals surface area contributed by atoms with Crippen molar-refractivity contribution in [3.63, 3.8) is 0 Å². The monoisotopic (exact) mass is 701 g/mol. The maximum absolute atomic E-state index is 14.1. The first-order valence-electron chi connectivity index (χ1n) is 18.7. The number of carbonyl (C=O) groups excluding carboxylic acids is 4. The zero-order valence-corrected chi connectivity index (χ0v) is 31.0. The van der Waals surface area contributed by atoms with E-state index in [-0.39, 0.29) is 66.0 Å². The average molecular weight is 702 g/mol. The van der Waals surface area contributed by atoms with Gasteiger partial charge in [0.1, 0.15) is 18.3 Å². The quantitative estimate of drug-likeness (QED) is 0.243. The Labute approximate surface area is 294 Å². The van der Waals surface area contributed by atoms with Gasteiger partial charge in [-0.1, -0.05) is 41.5 Å². The van der Waals surface area contributed by atoms with Gasteiger partial charge in [-0.2, -0.15) is 0 Å². The largest absolute Gasteiger partial charge is 0.462 e. The number of epoxide rings is 2. The summed E-state index contributed by atoms with van der Waals surface area (Å²) < 4.78 is 37.6. The summed E-state index contributed by atoms with van der Waals surface area (Å²) in [5.41, 5.74) is 1.55. The van der Waals surface area contributed by atoms with E-state index < -0.39 is 81.5 Å². The molecule has 0 aromatic carbocycles. The summed E-state index contributed by atoms with van der Waals surface area (Å²) in [6, 6.07) is -0.887. The highest BCUT2D eigenvalue weighted by Crippen LogP contribution is 2.82. The summed E-state index contributed by atoms with van der Waals surface area (Å²) >= 11 is 0. The van der Waals surface area contributed by atoms with Gasteiger partial charge in [-0.05, 0) is 68.1 Å². The van der Waals surface area contributed by atoms with Crippen molar-refractivity contribution in [1.82, 2.24) is 0 Å². The zero-order chi connectivity index (χ0) is 36.5. The first-order chi connectivity index (χ1) is 23.1. The number of ether oxygens (including phenoxy) is 6. The van der Waals surface area contributed by atoms with Crippen molar-refractivity contribution in [1.29, 1.82) is 0 Å². The molecule has 8 aliphatic rings. The second kappa shape index (κ2) is 10.2. The maximum Gasteiger partial charge on any atom is 0.353 e. The van der Waals surface area contributed by atoms with Gasteiger partial charge < -0.3 is 39.3 Å². The minimum Gasteiger partial charge on any atom is -0.462 e. The molecule has 1 spiro atoms. The summed E-state index contributed by atoms with van der Waals surface area (Å²) in [6.07, 6.45) is -0.429. The van der Waals surface area contributed by atoms with E-state index in [1.165, 1.54) is 13.8 Å². The van der Waals surface area contributed by atoms with Gasteiger partial charge in [0.15, 0.2) is 0 Å². The van der Waals surface area contributed by atoms with Gasteiger partial charge in [0, 0.05) is 43.4 Å². The summed E-state index contributed by atoms with van der Waals surface area (Å²) in [7, 11) is 0. The third kappa shape index (κ3) is 3.87. The number of esters is 4. The van der Waals surface area contributed by atoms with Crippen LogP contribution in [-0.2, 0) is 47.6 Å². The molecule has 19 atom stereocenters. The molecule has 3 saturated heterocycles. The van der Waals surface area contributed by atoms with Gasteiger partial charge in [-0.3, -0.25) is 14.4 Å². The highest BCUT2D eigenvalue weighted by molar-refractivity contribution is 5.88. The standard InChI is InChI=1S/C38H55NO11/c1-15(2)11-24(42)48-36(10)32(43)50-38-31(49-38)17(4)27-28(35(36,38)9)16(3)26-25-20(12-23(34(26,27)8)45-18(5)40)33(7)13-21-22(47-21)14-37(33,44)30(39)29(25)46-19(6)41/h15-17,20-23,25-31,44H,11-14,39H2,1-10H3/t16-,17+,20?,21-,22+,23+,25?,26+,27+,28-,29-,30-,31-,33-,34+,35+,36-,37+,38+/m1/s1. The van der Waals surface area contributed by atoms with E-state index >= 15 is 0 Å². The fraction of sp³-hybridized carbons (Fsp3) is 0.895. The summed E-state index contributed by atoms with van der Waals surface area (Å²) in [6.45, 7) is 18.8. The fourth-order valence-corrected chi connectivity index (χ4v) is 14.1. The number of aliphatic hydroxyl groups is 1. The first kappa shape index (κ1) is 34.8. The second-order valence-corrected chi connectivity index (χ2v) is 18.6. The Morgan fingerprint density at radius 2 is 1.60 bits per heavy atom. The molecule has 3 N–H and O–H groups in total. The molecule has 3 aliphatic heterocycles. The lowest BCUT2D eigenvalue weighted by Crippen LogP contribution is -2.77. The first-order valence-corrected chi connectivity index (χ1v) is 18.7. The number of hydrogen-bond acceptors (Lipinski definition) is 12. The van der Waals surface area contributed by atoms with Crippen LogP contribution in [0.5, 0.6) is 0 Å². The summed E-state index contributed by atoms with van der Waals surface area (Å²) in [4.78, 5) is 53.4. The molecule has 8 rings (SSSR count). The van der Waals surface area contributed by atoms with Crippen LogP contribution in [-0.4, -0.2) is 82.5 Å². The topological polar surface area (TPSA) is 177 Å². The Kier molecular flexibility index (Phi) is 7.12. The molecule has 8 fully saturated rings. The van der Waals surface area contributed by atoms with Crippen molar-refractivity contribution in [2.24, 2.45) is 69.3 Å². The molecule has 5 saturated carbocycles. The van der Waals surface area contributed by atoms with Crippen molar-refractivity contribution in [3.8, 4) is 0 Å². The number of fused-ring (bicyclic) bond motifs is 9. The van der Waals surface area contributed by atoms with Crippen molar-refractivity contribution < 1.29 is 52.7 Å². The lowest BCUT2D eigenvalue weighted by atomic mass is 9.40. The Balaban J connectivity index is 1.31. The molecule has 0 amide bonds. The molecule has 278 valence electrons. The van der Waals surface area contributed by atoms with Crippen LogP contribution in [0.25, 0.3) is 0 Å². The Morgan fingerprint density at radius 1 is 0.960 bits per heavy atom. The molecule has 2 unspecified atom stereocenters. The molecule has 0 aromatic heterocycles. The van der Waals surface area contributed by atoms with E-state index in [0.717, 1.165) is 0 Å². The van der Waals surface area contributed by atoms with Crippen LogP contribution in [0.2, 0.25) is 0 Å². The molecule has 12 nitrogen and oxygen atoms in total. The Morgan fingerprint density at radius 3 is 2.22 bits per heavy atom. The van der Waals surface area contributed by atoms with Crippen LogP contribution >= 0.6 is 0 Å². The maximum atomic E-state index is 14.1. The van der Waals surface area contributed by atoms with Crippen molar-refractivity contribution in [2.75, 3.05) is 0 Å². The molecule has 5 aliphatic carbocycles. The van der Waals surface area contributed by atoms with Gasteiger partial charge in [0.2, 0.25) is 5.60 Å². The van der Waals surface area contributed by atoms with Crippen LogP contribution in [0.15, 0.2) is 0 Å². The van der Waals surface area contributed by atoms with Gasteiger partial charge in [0.25, 0.3) is 5.79 Å². The van der Waals surface area contributed by atoms with Crippen molar-refractivity contribution in [2.45, 2.75) is 148 Å². The van der Waals surface area contributed by atoms with E-state index in [4.69, 9.17) is 34.2 Å². The predicted molar refractivity (Wildman–Crippen MR) is 174 cm³/mol. The highest BCUT2D eigenvalue weighted by Gasteiger charge is 2.93. The predicted octanol–water partition coefficient (Wildman–Crippen LogP) is 3.29. The van der Waals surface area contributed by atoms with Gasteiger partial charge in [-0.15, -0.1) is 0 Å². The molecule has 3 heterocycles. The SMILES string of the molecule is CC(=O)O[C@@H]1C2C(C[C@H](OC(C)=O)[C@]3(C)[C@H]4[C@H](C)[C@H]5O[C@]56OC(=O)[C@@](C)(OC(=O)CC(C)C)[C@]6(C)[C@@H]4[C@H](C)[C@@H]23)[C@@]2(C)C[C@H]3O[C@H]3C[C@]2(O)[C@@H]1N. The van der Waals surface area contributed by atoms with Gasteiger partial charge in [-0.25, -0.2) is 4.79 Å². The van der Waals surface area contributed by atoms with Crippen molar-refractivity contribution in [3.05, 3.63) is 0 Å². The molecular weight excluding hydrogens is 646 g/mol. The normalized spacial score (nSPS) is 57.8. The fourth-order valence-electron chi connectivity index (χ4n) is 14.1. The smallest absolute Gasteiger partial charge is 0.353 e. The average Bonchev–Trinajstić information content (AvgIpc) is 3.89. The molecular formula is C38H55NO11. The van der Waals surface area contributed by atoms with E-state index in [9.17, 15) is 24.3 Å². The van der Waals surface area contributed by atoms with Crippen LogP contribution < -0.4 is 5.73 Å². The summed E-state index contributed by atoms with van der Waals surface area (Å²) in [5.74, 6) is -4.85. The molecule has 50 heavy (non-hydrogen) atoms. The Bertz CT molecular complexity index is 1550. The lowest BCUT2D eigenvalue weighted by molar-refractivity contribution is -0.269. The molecule has 12 heteroatoms. The van der Waals surface area contributed by atoms with Crippen LogP contribution in [0.3, 0.4) is 0 Å². The van der Waals surface area contributed by atoms with E-state index in [1.807, 2.05) is 20.8 Å². The van der Waals surface area contributed by atoms with E-state index in [2.05, 4.69) is 27.7 Å². The lowest BCUT2D eigenvalue weighted by Gasteiger charge is -2.67. The highest BCUT2D eigenvalue weighted by atomic mass is 16.8. The van der Waals surface area contributed by atoms with Crippen LogP contribution in [0.4, 0.5) is 0 Å². The summed E-state index contributed by atoms with van der Waals surface area (Å²) in [5, 5.41) is 12.7. The number of carbonyl (C=O) groups is 4. The number of nitrogens with two attached hydrogens (primary N) is 1. The minimum atomic E-state index is -1.66. The third-order valence-corrected chi connectivity index (χ3v) is 16.1. The number of hydrogen-bond donors (Lipinski definition) is 2. The minimum absolute atomic E-state index is 0.00778. The van der Waals surface area contributed by atoms with Crippen LogP contribution in [0, 0.1) is 63.6 Å². The molecule has 0 bridgehead atoms. The van der Waals surface area contributed by atoms with Crippen LogP contribution in [0.1, 0.15) is 94.9 Å². The van der Waals surface area contributed by atoms with E-state index in [1.54, 1.807) is 6.92 Å². The van der Waals surface area contributed by atoms with Crippen molar-refractivity contribution >= 4 is 23.9 Å². The second-order valence-electron chi connectivity index (χ2n) is 18.6.